The van der Waals surface area contributed by atoms with E-state index in [1.807, 2.05) is 19.1 Å². The maximum Gasteiger partial charge on any atom is 0.308 e. The van der Waals surface area contributed by atoms with Crippen molar-refractivity contribution in [1.29, 1.82) is 0 Å². The zero-order valence-corrected chi connectivity index (χ0v) is 13.5. The fourth-order valence-corrected chi connectivity index (χ4v) is 2.65. The zero-order chi connectivity index (χ0) is 15.7. The average Bonchev–Trinajstić information content (AvgIpc) is 2.81. The number of carbonyl (C=O) groups excluding carboxylic acids is 1. The minimum atomic E-state index is -0.953. The van der Waals surface area contributed by atoms with E-state index in [2.05, 4.69) is 21.2 Å². The molecule has 0 spiro atoms. The van der Waals surface area contributed by atoms with Crippen molar-refractivity contribution in [2.45, 2.75) is 26.8 Å². The minimum Gasteiger partial charge on any atom is -0.481 e. The van der Waals surface area contributed by atoms with Crippen molar-refractivity contribution in [2.75, 3.05) is 0 Å². The maximum absolute atomic E-state index is 12.1. The van der Waals surface area contributed by atoms with E-state index in [-0.39, 0.29) is 5.76 Å². The number of nitrogens with one attached hydrogen (secondary N) is 1. The van der Waals surface area contributed by atoms with Gasteiger partial charge in [-0.1, -0.05) is 0 Å². The molecule has 21 heavy (non-hydrogen) atoms. The Kier molecular flexibility index (Phi) is 4.37. The Morgan fingerprint density at radius 3 is 2.57 bits per heavy atom. The molecule has 112 valence electrons. The van der Waals surface area contributed by atoms with Gasteiger partial charge in [0.2, 0.25) is 0 Å². The number of fused-ring (bicyclic) bond motifs is 1. The molecule has 6 heteroatoms. The zero-order valence-electron chi connectivity index (χ0n) is 11.9. The van der Waals surface area contributed by atoms with Crippen LogP contribution in [0.5, 0.6) is 0 Å². The van der Waals surface area contributed by atoms with Gasteiger partial charge >= 0.3 is 5.97 Å². The lowest BCUT2D eigenvalue weighted by molar-refractivity contribution is -0.141. The highest BCUT2D eigenvalue weighted by molar-refractivity contribution is 9.10. The van der Waals surface area contributed by atoms with Crippen molar-refractivity contribution in [2.24, 2.45) is 5.92 Å². The van der Waals surface area contributed by atoms with Crippen LogP contribution < -0.4 is 5.32 Å². The van der Waals surface area contributed by atoms with Crippen molar-refractivity contribution >= 4 is 38.8 Å². The van der Waals surface area contributed by atoms with Crippen molar-refractivity contribution in [3.8, 4) is 0 Å². The largest absolute Gasteiger partial charge is 0.481 e. The fraction of sp³-hybridized carbons (Fsp3) is 0.333. The van der Waals surface area contributed by atoms with Crippen molar-refractivity contribution in [1.82, 2.24) is 5.32 Å². The summed E-state index contributed by atoms with van der Waals surface area (Å²) in [6.45, 7) is 5.15. The summed E-state index contributed by atoms with van der Waals surface area (Å²) in [5.41, 5.74) is 1.65. The van der Waals surface area contributed by atoms with Gasteiger partial charge in [-0.2, -0.15) is 0 Å². The quantitative estimate of drug-likeness (QED) is 0.883. The van der Waals surface area contributed by atoms with E-state index in [0.29, 0.717) is 5.58 Å². The standard InChI is InChI=1S/C15H16BrNO4/c1-7-4-10-6-12(21-13(10)11(16)5-7)14(18)17-9(3)8(2)15(19)20/h4-6,8-9H,1-3H3,(H,17,18)(H,19,20). The Bertz CT molecular complexity index is 707. The summed E-state index contributed by atoms with van der Waals surface area (Å²) in [7, 11) is 0. The van der Waals surface area contributed by atoms with E-state index >= 15 is 0 Å². The number of aryl methyl sites for hydroxylation is 1. The number of carboxylic acids is 1. The van der Waals surface area contributed by atoms with Crippen LogP contribution in [0.1, 0.15) is 30.0 Å². The topological polar surface area (TPSA) is 79.5 Å². The molecule has 2 unspecified atom stereocenters. The average molecular weight is 354 g/mol. The van der Waals surface area contributed by atoms with E-state index in [0.717, 1.165) is 15.4 Å². The van der Waals surface area contributed by atoms with E-state index in [4.69, 9.17) is 9.52 Å². The van der Waals surface area contributed by atoms with Crippen molar-refractivity contribution in [3.63, 3.8) is 0 Å². The van der Waals surface area contributed by atoms with Crippen LogP contribution in [0.15, 0.2) is 27.1 Å². The Morgan fingerprint density at radius 1 is 1.29 bits per heavy atom. The van der Waals surface area contributed by atoms with Gasteiger partial charge in [-0.05, 0) is 60.5 Å². The van der Waals surface area contributed by atoms with Crippen LogP contribution in [-0.2, 0) is 4.79 Å². The number of aliphatic carboxylic acids is 1. The lowest BCUT2D eigenvalue weighted by Gasteiger charge is -2.16. The van der Waals surface area contributed by atoms with Crippen LogP contribution in [0.3, 0.4) is 0 Å². The van der Waals surface area contributed by atoms with Crippen molar-refractivity contribution < 1.29 is 19.1 Å². The molecule has 1 aromatic carbocycles. The Hall–Kier alpha value is -1.82. The van der Waals surface area contributed by atoms with Crippen LogP contribution in [0, 0.1) is 12.8 Å². The second-order valence-electron chi connectivity index (χ2n) is 5.16. The van der Waals surface area contributed by atoms with Gasteiger partial charge < -0.3 is 14.8 Å². The van der Waals surface area contributed by atoms with Crippen LogP contribution in [0.25, 0.3) is 11.0 Å². The Balaban J connectivity index is 2.24. The molecule has 0 aliphatic heterocycles. The summed E-state index contributed by atoms with van der Waals surface area (Å²) < 4.78 is 6.33. The molecule has 0 radical (unpaired) electrons. The second-order valence-corrected chi connectivity index (χ2v) is 6.02. The first-order chi connectivity index (χ1) is 9.79. The predicted molar refractivity (Wildman–Crippen MR) is 82.4 cm³/mol. The first-order valence-corrected chi connectivity index (χ1v) is 7.32. The third-order valence-corrected chi connectivity index (χ3v) is 4.03. The molecule has 0 aliphatic carbocycles. The van der Waals surface area contributed by atoms with E-state index in [1.165, 1.54) is 0 Å². The monoisotopic (exact) mass is 353 g/mol. The van der Waals surface area contributed by atoms with E-state index in [9.17, 15) is 9.59 Å². The van der Waals surface area contributed by atoms with Crippen LogP contribution >= 0.6 is 15.9 Å². The van der Waals surface area contributed by atoms with Crippen molar-refractivity contribution in [3.05, 3.63) is 34.0 Å². The first kappa shape index (κ1) is 15.6. The summed E-state index contributed by atoms with van der Waals surface area (Å²) in [6.07, 6.45) is 0. The summed E-state index contributed by atoms with van der Waals surface area (Å²) in [6, 6.07) is 4.99. The van der Waals surface area contributed by atoms with Crippen LogP contribution in [-0.4, -0.2) is 23.0 Å². The Labute approximate surface area is 130 Å². The fourth-order valence-electron chi connectivity index (χ4n) is 1.98. The van der Waals surface area contributed by atoms with Gasteiger partial charge in [0.05, 0.1) is 10.4 Å². The molecule has 0 saturated heterocycles. The highest BCUT2D eigenvalue weighted by Gasteiger charge is 2.23. The van der Waals surface area contributed by atoms with E-state index in [1.54, 1.807) is 19.9 Å². The molecular weight excluding hydrogens is 338 g/mol. The van der Waals surface area contributed by atoms with Gasteiger partial charge in [0.25, 0.3) is 5.91 Å². The summed E-state index contributed by atoms with van der Waals surface area (Å²) >= 11 is 3.40. The third kappa shape index (κ3) is 3.26. The molecule has 2 rings (SSSR count). The molecule has 0 fully saturated rings. The smallest absolute Gasteiger partial charge is 0.308 e. The van der Waals surface area contributed by atoms with Gasteiger partial charge in [-0.25, -0.2) is 0 Å². The van der Waals surface area contributed by atoms with Gasteiger partial charge in [-0.3, -0.25) is 9.59 Å². The molecular formula is C15H16BrNO4. The molecule has 0 bridgehead atoms. The normalized spacial score (nSPS) is 13.9. The van der Waals surface area contributed by atoms with Crippen LogP contribution in [0.2, 0.25) is 0 Å². The Morgan fingerprint density at radius 2 is 1.95 bits per heavy atom. The number of halogens is 1. The molecule has 1 amide bonds. The highest BCUT2D eigenvalue weighted by atomic mass is 79.9. The lowest BCUT2D eigenvalue weighted by atomic mass is 10.0. The summed E-state index contributed by atoms with van der Waals surface area (Å²) in [5, 5.41) is 12.4. The molecule has 2 atom stereocenters. The molecule has 1 heterocycles. The molecule has 2 N–H and O–H groups in total. The number of hydrogen-bond acceptors (Lipinski definition) is 3. The number of furan rings is 1. The third-order valence-electron chi connectivity index (χ3n) is 3.44. The van der Waals surface area contributed by atoms with Gasteiger partial charge in [0.1, 0.15) is 5.58 Å². The SMILES string of the molecule is Cc1cc(Br)c2oc(C(=O)NC(C)C(C)C(=O)O)cc2c1. The summed E-state index contributed by atoms with van der Waals surface area (Å²) in [5.74, 6) is -1.88. The predicted octanol–water partition coefficient (Wildman–Crippen LogP) is 3.34. The molecule has 5 nitrogen and oxygen atoms in total. The number of rotatable bonds is 4. The van der Waals surface area contributed by atoms with Gasteiger partial charge in [-0.15, -0.1) is 0 Å². The number of amides is 1. The van der Waals surface area contributed by atoms with Gasteiger partial charge in [0.15, 0.2) is 5.76 Å². The number of carboxylic acid groups (broad SMARTS) is 1. The van der Waals surface area contributed by atoms with Crippen LogP contribution in [0.4, 0.5) is 0 Å². The van der Waals surface area contributed by atoms with Gasteiger partial charge in [0, 0.05) is 11.4 Å². The lowest BCUT2D eigenvalue weighted by Crippen LogP contribution is -2.39. The molecule has 0 saturated carbocycles. The number of carbonyl (C=O) groups is 2. The second kappa shape index (κ2) is 5.89. The number of hydrogen-bond donors (Lipinski definition) is 2. The molecule has 2 aromatic rings. The number of benzene rings is 1. The van der Waals surface area contributed by atoms with E-state index < -0.39 is 23.8 Å². The maximum atomic E-state index is 12.1. The molecule has 0 aliphatic rings. The minimum absolute atomic E-state index is 0.167. The molecule has 1 aromatic heterocycles. The highest BCUT2D eigenvalue weighted by Crippen LogP contribution is 2.28. The first-order valence-electron chi connectivity index (χ1n) is 6.53. The summed E-state index contributed by atoms with van der Waals surface area (Å²) in [4.78, 5) is 23.0.